The van der Waals surface area contributed by atoms with E-state index >= 15 is 0 Å². The van der Waals surface area contributed by atoms with Crippen LogP contribution in [-0.4, -0.2) is 32.7 Å². The van der Waals surface area contributed by atoms with Crippen LogP contribution in [0.15, 0.2) is 60.7 Å². The van der Waals surface area contributed by atoms with Crippen LogP contribution in [0.5, 0.6) is 0 Å². The van der Waals surface area contributed by atoms with Crippen molar-refractivity contribution >= 4 is 43.8 Å². The molecule has 0 spiro atoms. The fourth-order valence-electron chi connectivity index (χ4n) is 3.79. The molecule has 8 heteroatoms. The first-order valence-corrected chi connectivity index (χ1v) is 11.6. The summed E-state index contributed by atoms with van der Waals surface area (Å²) in [6.45, 7) is 2.03. The molecule has 1 heterocycles. The van der Waals surface area contributed by atoms with Crippen molar-refractivity contribution in [2.75, 3.05) is 0 Å². The zero-order valence-corrected chi connectivity index (χ0v) is 19.8. The van der Waals surface area contributed by atoms with Crippen molar-refractivity contribution < 1.29 is 14.7 Å². The molecule has 0 aliphatic carbocycles. The largest absolute Gasteiger partial charge is 0.478 e. The van der Waals surface area contributed by atoms with Crippen LogP contribution in [-0.2, 0) is 0 Å². The molecule has 0 radical (unpaired) electrons. The molecule has 4 rings (SSSR count). The molecular formula is C25H23ClN3O3P. The van der Waals surface area contributed by atoms with Crippen molar-refractivity contribution in [3.05, 3.63) is 76.8 Å². The van der Waals surface area contributed by atoms with Gasteiger partial charge >= 0.3 is 5.97 Å². The fraction of sp³-hybridized carbons (Fsp3) is 0.160. The van der Waals surface area contributed by atoms with Gasteiger partial charge in [0, 0.05) is 27.5 Å². The number of fused-ring (bicyclic) bond motifs is 1. The second kappa shape index (κ2) is 9.74. The number of H-pyrrole nitrogens is 1. The van der Waals surface area contributed by atoms with Gasteiger partial charge in [-0.05, 0) is 42.3 Å². The van der Waals surface area contributed by atoms with Gasteiger partial charge < -0.3 is 15.4 Å². The van der Waals surface area contributed by atoms with Gasteiger partial charge in [0.1, 0.15) is 5.82 Å². The Morgan fingerprint density at radius 2 is 1.91 bits per heavy atom. The minimum atomic E-state index is -1.15. The Balaban J connectivity index is 1.82. The number of hydrogen-bond donors (Lipinski definition) is 3. The third-order valence-electron chi connectivity index (χ3n) is 5.36. The topological polar surface area (TPSA) is 95.1 Å². The summed E-state index contributed by atoms with van der Waals surface area (Å²) in [5, 5.41) is 13.2. The zero-order chi connectivity index (χ0) is 23.5. The summed E-state index contributed by atoms with van der Waals surface area (Å²) < 4.78 is 0. The number of aromatic nitrogens is 2. The predicted molar refractivity (Wildman–Crippen MR) is 135 cm³/mol. The minimum Gasteiger partial charge on any atom is -0.478 e. The number of benzene rings is 3. The summed E-state index contributed by atoms with van der Waals surface area (Å²) in [6, 6.07) is 17.6. The first kappa shape index (κ1) is 23.0. The maximum Gasteiger partial charge on any atom is 0.336 e. The molecule has 0 aliphatic rings. The normalized spacial score (nSPS) is 12.0. The Morgan fingerprint density at radius 3 is 2.64 bits per heavy atom. The van der Waals surface area contributed by atoms with Gasteiger partial charge in [0.2, 0.25) is 0 Å². The minimum absolute atomic E-state index is 0.0103. The van der Waals surface area contributed by atoms with Crippen molar-refractivity contribution in [3.8, 4) is 22.5 Å². The molecule has 1 amide bonds. The number of carboxylic acid groups (broad SMARTS) is 1. The Labute approximate surface area is 198 Å². The molecule has 3 aromatic carbocycles. The van der Waals surface area contributed by atoms with Gasteiger partial charge in [-0.25, -0.2) is 9.78 Å². The van der Waals surface area contributed by atoms with Gasteiger partial charge in [-0.2, -0.15) is 0 Å². The molecule has 1 unspecified atom stereocenters. The molecule has 4 aromatic rings. The van der Waals surface area contributed by atoms with Crippen LogP contribution in [0.4, 0.5) is 0 Å². The summed E-state index contributed by atoms with van der Waals surface area (Å²) in [5.41, 5.74) is 3.55. The number of hydrogen-bond acceptors (Lipinski definition) is 3. The maximum atomic E-state index is 12.6. The van der Waals surface area contributed by atoms with Crippen LogP contribution in [0, 0.1) is 0 Å². The van der Waals surface area contributed by atoms with E-state index in [-0.39, 0.29) is 22.8 Å². The molecule has 6 nitrogen and oxygen atoms in total. The number of carbonyl (C=O) groups is 2. The van der Waals surface area contributed by atoms with Crippen molar-refractivity contribution in [1.82, 2.24) is 15.3 Å². The smallest absolute Gasteiger partial charge is 0.336 e. The highest BCUT2D eigenvalue weighted by atomic mass is 35.5. The molecule has 0 aliphatic heterocycles. The lowest BCUT2D eigenvalue weighted by Gasteiger charge is -2.16. The highest BCUT2D eigenvalue weighted by molar-refractivity contribution is 7.17. The number of nitrogens with one attached hydrogen (secondary N) is 2. The zero-order valence-electron chi connectivity index (χ0n) is 17.9. The number of carbonyl (C=O) groups excluding carboxylic acids is 1. The fourth-order valence-corrected chi connectivity index (χ4v) is 4.55. The standard InChI is InChI=1S/C25H23ClN3O3P/c1-2-6-21(33)29-24(30)14-11-12-15(17(13-14)25(31)32)22-16(7-5-8-18(22)26)23-27-19-9-3-4-10-20(19)28-23/h3-5,7-13,21H,2,6,33H2,1H3,(H,27,28)(H,29,30)(H,31,32)/t21-/m0/s1. The average molecular weight is 480 g/mol. The number of carboxylic acids is 1. The molecule has 0 saturated carbocycles. The van der Waals surface area contributed by atoms with Crippen LogP contribution in [0.2, 0.25) is 5.02 Å². The lowest BCUT2D eigenvalue weighted by Crippen LogP contribution is -2.30. The summed E-state index contributed by atoms with van der Waals surface area (Å²) in [6.07, 6.45) is 1.73. The molecule has 168 valence electrons. The van der Waals surface area contributed by atoms with E-state index in [4.69, 9.17) is 11.6 Å². The number of halogens is 1. The van der Waals surface area contributed by atoms with E-state index < -0.39 is 5.97 Å². The number of para-hydroxylation sites is 2. The van der Waals surface area contributed by atoms with Gasteiger partial charge in [0.15, 0.2) is 0 Å². The Bertz CT molecular complexity index is 1320. The SMILES string of the molecule is CCC[C@H](P)NC(=O)c1ccc(-c2c(Cl)cccc2-c2nc3ccccc3[nH]2)c(C(=O)O)c1. The lowest BCUT2D eigenvalue weighted by atomic mass is 9.93. The molecule has 0 fully saturated rings. The van der Waals surface area contributed by atoms with Gasteiger partial charge in [0.05, 0.1) is 16.6 Å². The molecule has 0 saturated heterocycles. The molecular weight excluding hydrogens is 457 g/mol. The summed E-state index contributed by atoms with van der Waals surface area (Å²) in [7, 11) is 2.59. The first-order valence-electron chi connectivity index (χ1n) is 10.6. The number of amides is 1. The quantitative estimate of drug-likeness (QED) is 0.284. The van der Waals surface area contributed by atoms with Gasteiger partial charge in [-0.1, -0.05) is 55.3 Å². The summed E-state index contributed by atoms with van der Waals surface area (Å²) in [5.74, 6) is -0.976. The van der Waals surface area contributed by atoms with E-state index in [9.17, 15) is 14.7 Å². The summed E-state index contributed by atoms with van der Waals surface area (Å²) in [4.78, 5) is 32.8. The van der Waals surface area contributed by atoms with Crippen LogP contribution in [0.25, 0.3) is 33.5 Å². The van der Waals surface area contributed by atoms with Gasteiger partial charge in [-0.15, -0.1) is 9.24 Å². The monoisotopic (exact) mass is 479 g/mol. The third-order valence-corrected chi connectivity index (χ3v) is 6.17. The van der Waals surface area contributed by atoms with E-state index in [0.717, 1.165) is 23.9 Å². The van der Waals surface area contributed by atoms with Crippen LogP contribution in [0.3, 0.4) is 0 Å². The van der Waals surface area contributed by atoms with E-state index in [1.165, 1.54) is 6.07 Å². The van der Waals surface area contributed by atoms with Gasteiger partial charge in [0.25, 0.3) is 5.91 Å². The number of rotatable bonds is 7. The van der Waals surface area contributed by atoms with Crippen molar-refractivity contribution in [1.29, 1.82) is 0 Å². The first-order chi connectivity index (χ1) is 15.9. The van der Waals surface area contributed by atoms with E-state index in [1.807, 2.05) is 37.3 Å². The number of aromatic amines is 1. The maximum absolute atomic E-state index is 12.6. The third kappa shape index (κ3) is 4.77. The molecule has 2 atom stereocenters. The Kier molecular flexibility index (Phi) is 6.77. The highest BCUT2D eigenvalue weighted by Crippen LogP contribution is 2.39. The number of aromatic carboxylic acids is 1. The molecule has 3 N–H and O–H groups in total. The van der Waals surface area contributed by atoms with Crippen molar-refractivity contribution in [2.24, 2.45) is 0 Å². The molecule has 33 heavy (non-hydrogen) atoms. The average Bonchev–Trinajstić information content (AvgIpc) is 3.23. The van der Waals surface area contributed by atoms with E-state index in [2.05, 4.69) is 24.5 Å². The van der Waals surface area contributed by atoms with Crippen LogP contribution in [0.1, 0.15) is 40.5 Å². The highest BCUT2D eigenvalue weighted by Gasteiger charge is 2.22. The summed E-state index contributed by atoms with van der Waals surface area (Å²) >= 11 is 6.58. The Morgan fingerprint density at radius 1 is 1.12 bits per heavy atom. The van der Waals surface area contributed by atoms with E-state index in [1.54, 1.807) is 24.3 Å². The Hall–Kier alpha value is -3.21. The van der Waals surface area contributed by atoms with Gasteiger partial charge in [-0.3, -0.25) is 4.79 Å². The predicted octanol–water partition coefficient (Wildman–Crippen LogP) is 5.98. The lowest BCUT2D eigenvalue weighted by molar-refractivity contribution is 0.0697. The number of nitrogens with zero attached hydrogens (tertiary/aromatic N) is 1. The second-order valence-corrected chi connectivity index (χ2v) is 8.91. The molecule has 1 aromatic heterocycles. The van der Waals surface area contributed by atoms with Crippen LogP contribution >= 0.6 is 20.8 Å². The second-order valence-electron chi connectivity index (χ2n) is 7.70. The number of imidazole rings is 1. The molecule has 0 bridgehead atoms. The van der Waals surface area contributed by atoms with Crippen LogP contribution < -0.4 is 5.32 Å². The van der Waals surface area contributed by atoms with E-state index in [0.29, 0.717) is 27.5 Å². The van der Waals surface area contributed by atoms with Crippen molar-refractivity contribution in [2.45, 2.75) is 25.5 Å². The van der Waals surface area contributed by atoms with Crippen molar-refractivity contribution in [3.63, 3.8) is 0 Å².